The second kappa shape index (κ2) is 5.84. The Labute approximate surface area is 132 Å². The summed E-state index contributed by atoms with van der Waals surface area (Å²) in [6.45, 7) is 1.47. The van der Waals surface area contributed by atoms with Gasteiger partial charge in [-0.2, -0.15) is 10.1 Å². The second-order valence-corrected chi connectivity index (χ2v) is 4.94. The number of hydrogen-bond donors (Lipinski definition) is 2. The molecular formula is C15H15N7O. The van der Waals surface area contributed by atoms with Crippen LogP contribution < -0.4 is 5.73 Å². The molecule has 116 valence electrons. The summed E-state index contributed by atoms with van der Waals surface area (Å²) in [7, 11) is 1.86. The maximum Gasteiger partial charge on any atom is 0.295 e. The third kappa shape index (κ3) is 3.31. The van der Waals surface area contributed by atoms with Gasteiger partial charge in [-0.3, -0.25) is 15.1 Å². The molecule has 0 unspecified atom stereocenters. The summed E-state index contributed by atoms with van der Waals surface area (Å²) < 4.78 is 6.63. The van der Waals surface area contributed by atoms with E-state index < -0.39 is 0 Å². The zero-order chi connectivity index (χ0) is 16.4. The lowest BCUT2D eigenvalue weighted by atomic mass is 10.1. The summed E-state index contributed by atoms with van der Waals surface area (Å²) in [5.41, 5.74) is 8.90. The Balaban J connectivity index is 1.99. The van der Waals surface area contributed by atoms with Crippen molar-refractivity contribution in [3.8, 4) is 11.1 Å². The fourth-order valence-electron chi connectivity index (χ4n) is 2.08. The molecule has 0 saturated heterocycles. The molecule has 8 nitrogen and oxygen atoms in total. The third-order valence-corrected chi connectivity index (χ3v) is 3.04. The van der Waals surface area contributed by atoms with Gasteiger partial charge in [0.15, 0.2) is 11.7 Å². The molecular weight excluding hydrogens is 294 g/mol. The van der Waals surface area contributed by atoms with Gasteiger partial charge in [0.05, 0.1) is 17.2 Å². The molecule has 8 heteroatoms. The Kier molecular flexibility index (Phi) is 3.71. The Hall–Kier alpha value is -3.29. The van der Waals surface area contributed by atoms with Gasteiger partial charge in [0.25, 0.3) is 6.02 Å². The fraction of sp³-hybridized carbons (Fsp3) is 0.133. The summed E-state index contributed by atoms with van der Waals surface area (Å²) in [6.07, 6.45) is 5.45. The number of nitrogens with zero attached hydrogens (tertiary/aromatic N) is 5. The second-order valence-electron chi connectivity index (χ2n) is 4.94. The number of ether oxygens (including phenoxy) is 1. The number of nitrogens with two attached hydrogens (primary N) is 1. The minimum absolute atomic E-state index is 0.0347. The van der Waals surface area contributed by atoms with Crippen molar-refractivity contribution in [1.82, 2.24) is 19.7 Å². The minimum Gasteiger partial charge on any atom is -0.412 e. The van der Waals surface area contributed by atoms with Crippen LogP contribution in [0.15, 0.2) is 41.8 Å². The van der Waals surface area contributed by atoms with Gasteiger partial charge in [0.2, 0.25) is 0 Å². The smallest absolute Gasteiger partial charge is 0.295 e. The van der Waals surface area contributed by atoms with E-state index in [1.54, 1.807) is 29.2 Å². The van der Waals surface area contributed by atoms with Crippen molar-refractivity contribution in [2.75, 3.05) is 0 Å². The van der Waals surface area contributed by atoms with Crippen LogP contribution in [-0.4, -0.2) is 31.7 Å². The number of hydrogen-bond acceptors (Lipinski definition) is 6. The van der Waals surface area contributed by atoms with E-state index in [0.29, 0.717) is 11.3 Å². The van der Waals surface area contributed by atoms with E-state index in [2.05, 4.69) is 20.1 Å². The molecule has 0 amide bonds. The number of pyridine rings is 2. The molecule has 0 spiro atoms. The summed E-state index contributed by atoms with van der Waals surface area (Å²) in [5.74, 6) is 0.356. The lowest BCUT2D eigenvalue weighted by molar-refractivity contribution is 0.527. The summed E-state index contributed by atoms with van der Waals surface area (Å²) >= 11 is 0. The van der Waals surface area contributed by atoms with Crippen molar-refractivity contribution >= 4 is 28.8 Å². The van der Waals surface area contributed by atoms with E-state index in [4.69, 9.17) is 15.9 Å². The molecule has 3 aromatic heterocycles. The van der Waals surface area contributed by atoms with Gasteiger partial charge in [0, 0.05) is 37.5 Å². The Morgan fingerprint density at radius 1 is 1.26 bits per heavy atom. The lowest BCUT2D eigenvalue weighted by Gasteiger charge is -2.03. The van der Waals surface area contributed by atoms with Crippen LogP contribution in [0.25, 0.3) is 22.2 Å². The predicted octanol–water partition coefficient (Wildman–Crippen LogP) is 1.99. The SMILES string of the molecule is CC(=N)OC(N)=Nc1ccc2ncc(-c3cnn(C)c3)cc2n1. The molecule has 3 aromatic rings. The summed E-state index contributed by atoms with van der Waals surface area (Å²) in [5, 5.41) is 11.4. The van der Waals surface area contributed by atoms with E-state index in [-0.39, 0.29) is 11.9 Å². The van der Waals surface area contributed by atoms with Crippen LogP contribution >= 0.6 is 0 Å². The van der Waals surface area contributed by atoms with Crippen molar-refractivity contribution in [3.05, 3.63) is 36.8 Å². The third-order valence-electron chi connectivity index (χ3n) is 3.04. The van der Waals surface area contributed by atoms with Gasteiger partial charge in [-0.15, -0.1) is 0 Å². The van der Waals surface area contributed by atoms with Crippen molar-refractivity contribution in [3.63, 3.8) is 0 Å². The Morgan fingerprint density at radius 2 is 2.09 bits per heavy atom. The van der Waals surface area contributed by atoms with Gasteiger partial charge in [0.1, 0.15) is 0 Å². The van der Waals surface area contributed by atoms with E-state index >= 15 is 0 Å². The Morgan fingerprint density at radius 3 is 2.78 bits per heavy atom. The first-order chi connectivity index (χ1) is 11.0. The quantitative estimate of drug-likeness (QED) is 0.555. The van der Waals surface area contributed by atoms with Crippen LogP contribution in [0.2, 0.25) is 0 Å². The maximum absolute atomic E-state index is 7.23. The van der Waals surface area contributed by atoms with Crippen LogP contribution in [0, 0.1) is 5.41 Å². The average molecular weight is 309 g/mol. The topological polar surface area (TPSA) is 115 Å². The number of amidine groups is 1. The highest BCUT2D eigenvalue weighted by atomic mass is 16.5. The van der Waals surface area contributed by atoms with Crippen molar-refractivity contribution in [1.29, 1.82) is 5.41 Å². The fourth-order valence-corrected chi connectivity index (χ4v) is 2.08. The van der Waals surface area contributed by atoms with Gasteiger partial charge in [-0.05, 0) is 18.2 Å². The molecule has 0 bridgehead atoms. The highest BCUT2D eigenvalue weighted by molar-refractivity contribution is 5.88. The molecule has 0 radical (unpaired) electrons. The first-order valence-corrected chi connectivity index (χ1v) is 6.84. The molecule has 0 aliphatic heterocycles. The zero-order valence-corrected chi connectivity index (χ0v) is 12.7. The molecule has 3 heterocycles. The number of fused-ring (bicyclic) bond motifs is 1. The highest BCUT2D eigenvalue weighted by Crippen LogP contribution is 2.22. The highest BCUT2D eigenvalue weighted by Gasteiger charge is 2.05. The van der Waals surface area contributed by atoms with Crippen LogP contribution in [-0.2, 0) is 11.8 Å². The first kappa shape index (κ1) is 14.6. The molecule has 0 atom stereocenters. The van der Waals surface area contributed by atoms with Crippen LogP contribution in [0.1, 0.15) is 6.92 Å². The zero-order valence-electron chi connectivity index (χ0n) is 12.7. The normalized spacial score (nSPS) is 11.7. The van der Waals surface area contributed by atoms with Crippen LogP contribution in [0.3, 0.4) is 0 Å². The molecule has 0 aliphatic carbocycles. The van der Waals surface area contributed by atoms with Crippen molar-refractivity contribution in [2.45, 2.75) is 6.92 Å². The van der Waals surface area contributed by atoms with E-state index in [1.807, 2.05) is 19.3 Å². The number of aromatic nitrogens is 4. The van der Waals surface area contributed by atoms with Gasteiger partial charge >= 0.3 is 0 Å². The molecule has 3 N–H and O–H groups in total. The molecule has 3 rings (SSSR count). The van der Waals surface area contributed by atoms with Crippen molar-refractivity contribution in [2.24, 2.45) is 17.8 Å². The summed E-state index contributed by atoms with van der Waals surface area (Å²) in [4.78, 5) is 12.8. The molecule has 0 aromatic carbocycles. The van der Waals surface area contributed by atoms with Crippen molar-refractivity contribution < 1.29 is 4.74 Å². The lowest BCUT2D eigenvalue weighted by Crippen LogP contribution is -2.18. The van der Waals surface area contributed by atoms with Crippen LogP contribution in [0.4, 0.5) is 5.82 Å². The number of nitrogens with one attached hydrogen (secondary N) is 1. The van der Waals surface area contributed by atoms with E-state index in [0.717, 1.165) is 16.6 Å². The monoisotopic (exact) mass is 309 g/mol. The molecule has 0 fully saturated rings. The van der Waals surface area contributed by atoms with E-state index in [9.17, 15) is 0 Å². The maximum atomic E-state index is 7.23. The Bertz CT molecular complexity index is 913. The average Bonchev–Trinajstić information content (AvgIpc) is 2.92. The molecule has 0 saturated carbocycles. The van der Waals surface area contributed by atoms with Crippen LogP contribution in [0.5, 0.6) is 0 Å². The standard InChI is InChI=1S/C15H15N7O/c1-9(16)23-15(17)21-14-4-3-12-13(20-14)5-10(6-18-12)11-7-19-22(2)8-11/h3-8,16H,1-2H3,(H2,17,20,21). The minimum atomic E-state index is -0.124. The van der Waals surface area contributed by atoms with E-state index in [1.165, 1.54) is 6.92 Å². The predicted molar refractivity (Wildman–Crippen MR) is 87.5 cm³/mol. The van der Waals surface area contributed by atoms with Gasteiger partial charge < -0.3 is 10.5 Å². The molecule has 23 heavy (non-hydrogen) atoms. The number of aliphatic imine (C=N–C) groups is 1. The first-order valence-electron chi connectivity index (χ1n) is 6.84. The molecule has 0 aliphatic rings. The van der Waals surface area contributed by atoms with Gasteiger partial charge in [-0.25, -0.2) is 4.98 Å². The largest absolute Gasteiger partial charge is 0.412 e. The number of aryl methyl sites for hydroxylation is 1. The van der Waals surface area contributed by atoms with Gasteiger partial charge in [-0.1, -0.05) is 0 Å². The number of rotatable bonds is 2. The summed E-state index contributed by atoms with van der Waals surface area (Å²) in [6, 6.07) is 5.28.